The number of anilines is 1. The van der Waals surface area contributed by atoms with E-state index in [9.17, 15) is 9.59 Å². The van der Waals surface area contributed by atoms with Crippen molar-refractivity contribution >= 4 is 29.9 Å². The summed E-state index contributed by atoms with van der Waals surface area (Å²) in [7, 11) is 1.94. The van der Waals surface area contributed by atoms with E-state index in [4.69, 9.17) is 4.74 Å². The molecule has 0 bridgehead atoms. The van der Waals surface area contributed by atoms with E-state index in [0.717, 1.165) is 43.0 Å². The first-order valence-electron chi connectivity index (χ1n) is 10.6. The molecule has 1 saturated heterocycles. The number of unbranched alkanes of at least 4 members (excludes halogenated alkanes) is 1. The molecule has 2 amide bonds. The lowest BCUT2D eigenvalue weighted by Crippen LogP contribution is -2.48. The first-order valence-corrected chi connectivity index (χ1v) is 11.7. The molecule has 0 aromatic carbocycles. The fraction of sp³-hybridized carbons (Fsp3) is 0.667. The standard InChI is InChI=1S/C21H35N5O3S/c1-15(2)26-19-12-16(8-9-23-19)29-11-10-24-20(28)7-5-4-6-18-21(22-3)17(13-30-18)25-14-27/h8-9,12,14-15,17-18,21-22H,4-7,10-11,13H2,1-3H3,(H,23,26)(H,24,28)(H,25,27). The predicted molar refractivity (Wildman–Crippen MR) is 122 cm³/mol. The van der Waals surface area contributed by atoms with Gasteiger partial charge in [0.2, 0.25) is 12.3 Å². The summed E-state index contributed by atoms with van der Waals surface area (Å²) in [5.74, 6) is 2.50. The molecule has 9 heteroatoms. The Morgan fingerprint density at radius 3 is 2.97 bits per heavy atom. The maximum absolute atomic E-state index is 12.0. The molecule has 0 saturated carbocycles. The maximum Gasteiger partial charge on any atom is 0.220 e. The van der Waals surface area contributed by atoms with E-state index < -0.39 is 0 Å². The lowest BCUT2D eigenvalue weighted by molar-refractivity contribution is -0.121. The molecule has 168 valence electrons. The number of pyridine rings is 1. The molecule has 1 aliphatic rings. The number of carbonyl (C=O) groups excluding carboxylic acids is 2. The molecule has 3 atom stereocenters. The molecule has 4 N–H and O–H groups in total. The molecule has 1 aliphatic heterocycles. The van der Waals surface area contributed by atoms with Gasteiger partial charge in [0.05, 0.1) is 12.6 Å². The van der Waals surface area contributed by atoms with Crippen molar-refractivity contribution in [1.29, 1.82) is 0 Å². The van der Waals surface area contributed by atoms with E-state index in [0.29, 0.717) is 30.9 Å². The van der Waals surface area contributed by atoms with Gasteiger partial charge >= 0.3 is 0 Å². The van der Waals surface area contributed by atoms with Gasteiger partial charge in [-0.3, -0.25) is 9.59 Å². The van der Waals surface area contributed by atoms with E-state index in [-0.39, 0.29) is 18.0 Å². The zero-order valence-corrected chi connectivity index (χ0v) is 19.0. The van der Waals surface area contributed by atoms with Crippen LogP contribution in [0, 0.1) is 0 Å². The predicted octanol–water partition coefficient (Wildman–Crippen LogP) is 1.78. The Bertz CT molecular complexity index is 661. The number of ether oxygens (including phenoxy) is 1. The molecule has 1 aromatic heterocycles. The minimum absolute atomic E-state index is 0.0558. The van der Waals surface area contributed by atoms with Gasteiger partial charge in [-0.25, -0.2) is 4.98 Å². The Labute approximate surface area is 183 Å². The first kappa shape index (κ1) is 24.3. The van der Waals surface area contributed by atoms with Crippen molar-refractivity contribution in [2.75, 3.05) is 31.3 Å². The van der Waals surface area contributed by atoms with Crippen LogP contribution in [0.15, 0.2) is 18.3 Å². The van der Waals surface area contributed by atoms with Crippen LogP contribution in [0.1, 0.15) is 39.5 Å². The number of nitrogens with zero attached hydrogens (tertiary/aromatic N) is 1. The number of rotatable bonds is 14. The topological polar surface area (TPSA) is 104 Å². The third-order valence-electron chi connectivity index (χ3n) is 4.94. The van der Waals surface area contributed by atoms with Crippen LogP contribution >= 0.6 is 11.8 Å². The molecule has 2 heterocycles. The van der Waals surface area contributed by atoms with Crippen LogP contribution in [0.5, 0.6) is 5.75 Å². The van der Waals surface area contributed by atoms with Gasteiger partial charge in [0.1, 0.15) is 18.2 Å². The zero-order valence-electron chi connectivity index (χ0n) is 18.1. The van der Waals surface area contributed by atoms with E-state index in [1.165, 1.54) is 0 Å². The second-order valence-corrected chi connectivity index (χ2v) is 8.97. The lowest BCUT2D eigenvalue weighted by Gasteiger charge is -2.22. The number of hydrogen-bond donors (Lipinski definition) is 4. The fourth-order valence-corrected chi connectivity index (χ4v) is 5.16. The van der Waals surface area contributed by atoms with Crippen molar-refractivity contribution in [3.63, 3.8) is 0 Å². The SMILES string of the molecule is CNC1C(NC=O)CSC1CCCCC(=O)NCCOc1ccnc(NC(C)C)c1. The van der Waals surface area contributed by atoms with Gasteiger partial charge < -0.3 is 26.0 Å². The highest BCUT2D eigenvalue weighted by Gasteiger charge is 2.34. The van der Waals surface area contributed by atoms with Gasteiger partial charge in [-0.15, -0.1) is 0 Å². The van der Waals surface area contributed by atoms with Crippen molar-refractivity contribution in [3.05, 3.63) is 18.3 Å². The van der Waals surface area contributed by atoms with E-state index >= 15 is 0 Å². The largest absolute Gasteiger partial charge is 0.492 e. The summed E-state index contributed by atoms with van der Waals surface area (Å²) in [5, 5.41) is 12.8. The van der Waals surface area contributed by atoms with Crippen LogP contribution in [-0.2, 0) is 9.59 Å². The van der Waals surface area contributed by atoms with Gasteiger partial charge in [0, 0.05) is 41.8 Å². The smallest absolute Gasteiger partial charge is 0.220 e. The van der Waals surface area contributed by atoms with Gasteiger partial charge in [-0.2, -0.15) is 11.8 Å². The molecule has 0 aliphatic carbocycles. The summed E-state index contributed by atoms with van der Waals surface area (Å²) in [4.78, 5) is 27.0. The van der Waals surface area contributed by atoms with Crippen molar-refractivity contribution in [2.45, 2.75) is 62.9 Å². The Kier molecular flexibility index (Phi) is 10.8. The highest BCUT2D eigenvalue weighted by atomic mass is 32.2. The van der Waals surface area contributed by atoms with Crippen molar-refractivity contribution in [2.24, 2.45) is 0 Å². The van der Waals surface area contributed by atoms with Crippen LogP contribution in [-0.4, -0.2) is 66.6 Å². The van der Waals surface area contributed by atoms with Crippen LogP contribution < -0.4 is 26.0 Å². The molecule has 1 aromatic rings. The van der Waals surface area contributed by atoms with Crippen LogP contribution in [0.3, 0.4) is 0 Å². The molecule has 0 spiro atoms. The molecule has 1 fully saturated rings. The number of amides is 2. The minimum Gasteiger partial charge on any atom is -0.492 e. The summed E-state index contributed by atoms with van der Waals surface area (Å²) >= 11 is 1.89. The summed E-state index contributed by atoms with van der Waals surface area (Å²) < 4.78 is 5.69. The Balaban J connectivity index is 1.56. The van der Waals surface area contributed by atoms with Crippen LogP contribution in [0.4, 0.5) is 5.82 Å². The molecule has 2 rings (SSSR count). The molecule has 0 radical (unpaired) electrons. The normalized spacial score (nSPS) is 20.7. The van der Waals surface area contributed by atoms with Crippen LogP contribution in [0.25, 0.3) is 0 Å². The highest BCUT2D eigenvalue weighted by Crippen LogP contribution is 2.31. The molecule has 30 heavy (non-hydrogen) atoms. The lowest BCUT2D eigenvalue weighted by atomic mass is 10.0. The van der Waals surface area contributed by atoms with Gasteiger partial charge in [0.15, 0.2) is 0 Å². The number of likely N-dealkylation sites (N-methyl/N-ethyl adjacent to an activating group) is 1. The number of hydrogen-bond acceptors (Lipinski definition) is 7. The van der Waals surface area contributed by atoms with E-state index in [2.05, 4.69) is 40.1 Å². The summed E-state index contributed by atoms with van der Waals surface area (Å²) in [5.41, 5.74) is 0. The molecule has 3 unspecified atom stereocenters. The average molecular weight is 438 g/mol. The number of aromatic nitrogens is 1. The number of thioether (sulfide) groups is 1. The maximum atomic E-state index is 12.0. The Hall–Kier alpha value is -2.00. The second kappa shape index (κ2) is 13.3. The third-order valence-corrected chi connectivity index (χ3v) is 6.45. The third kappa shape index (κ3) is 8.39. The molecular weight excluding hydrogens is 402 g/mol. The monoisotopic (exact) mass is 437 g/mol. The average Bonchev–Trinajstić information content (AvgIpc) is 3.10. The Morgan fingerprint density at radius 1 is 1.40 bits per heavy atom. The second-order valence-electron chi connectivity index (χ2n) is 7.70. The summed E-state index contributed by atoms with van der Waals surface area (Å²) in [6.45, 7) is 5.01. The first-order chi connectivity index (χ1) is 14.5. The summed E-state index contributed by atoms with van der Waals surface area (Å²) in [6.07, 6.45) is 5.91. The van der Waals surface area contributed by atoms with Gasteiger partial charge in [0.25, 0.3) is 0 Å². The minimum atomic E-state index is 0.0558. The summed E-state index contributed by atoms with van der Waals surface area (Å²) in [6, 6.07) is 4.44. The molecule has 8 nitrogen and oxygen atoms in total. The van der Waals surface area contributed by atoms with Gasteiger partial charge in [-0.1, -0.05) is 6.42 Å². The van der Waals surface area contributed by atoms with E-state index in [1.807, 2.05) is 30.9 Å². The quantitative estimate of drug-likeness (QED) is 0.260. The van der Waals surface area contributed by atoms with Crippen molar-refractivity contribution in [1.82, 2.24) is 20.9 Å². The fourth-order valence-electron chi connectivity index (χ4n) is 3.54. The highest BCUT2D eigenvalue weighted by molar-refractivity contribution is 8.00. The van der Waals surface area contributed by atoms with Gasteiger partial charge in [-0.05, 0) is 39.8 Å². The van der Waals surface area contributed by atoms with Crippen LogP contribution in [0.2, 0.25) is 0 Å². The van der Waals surface area contributed by atoms with Crippen molar-refractivity contribution in [3.8, 4) is 5.75 Å². The zero-order chi connectivity index (χ0) is 21.8. The molecular formula is C21H35N5O3S. The Morgan fingerprint density at radius 2 is 2.23 bits per heavy atom. The van der Waals surface area contributed by atoms with Crippen molar-refractivity contribution < 1.29 is 14.3 Å². The number of carbonyl (C=O) groups is 2. The number of nitrogens with one attached hydrogen (secondary N) is 4. The van der Waals surface area contributed by atoms with E-state index in [1.54, 1.807) is 6.20 Å².